The van der Waals surface area contributed by atoms with Gasteiger partial charge in [0.2, 0.25) is 0 Å². The second-order valence-electron chi connectivity index (χ2n) is 9.95. The Bertz CT molecular complexity index is 2020. The zero-order valence-corrected chi connectivity index (χ0v) is 26.1. The summed E-state index contributed by atoms with van der Waals surface area (Å²) in [5, 5.41) is 11.3. The van der Waals surface area contributed by atoms with Crippen molar-refractivity contribution in [3.63, 3.8) is 0 Å². The maximum atomic E-state index is 12.4. The lowest BCUT2D eigenvalue weighted by Crippen LogP contribution is -2.11. The quantitative estimate of drug-likeness (QED) is 0.169. The molecule has 0 spiro atoms. The molecule has 0 unspecified atom stereocenters. The SMILES string of the molecule is CCOC(=O)c1cc2ccccc2n1-c1ccc(OC)c(OC)c1.COc1ccc(-n2c(C(=O)O)cc3ccccc32)cc1OC. The molecule has 0 radical (unpaired) electrons. The Labute approximate surface area is 265 Å². The lowest BCUT2D eigenvalue weighted by molar-refractivity contribution is 0.0517. The van der Waals surface area contributed by atoms with Gasteiger partial charge in [-0.25, -0.2) is 9.59 Å². The van der Waals surface area contributed by atoms with Gasteiger partial charge < -0.3 is 37.9 Å². The number of esters is 1. The van der Waals surface area contributed by atoms with Crippen LogP contribution >= 0.6 is 0 Å². The fourth-order valence-electron chi connectivity index (χ4n) is 5.31. The molecule has 46 heavy (non-hydrogen) atoms. The minimum absolute atomic E-state index is 0.202. The number of aromatic nitrogens is 2. The van der Waals surface area contributed by atoms with E-state index in [2.05, 4.69) is 0 Å². The van der Waals surface area contributed by atoms with Crippen LogP contribution < -0.4 is 18.9 Å². The average Bonchev–Trinajstić information content (AvgIpc) is 3.68. The van der Waals surface area contributed by atoms with Crippen LogP contribution in [0.3, 0.4) is 0 Å². The summed E-state index contributed by atoms with van der Waals surface area (Å²) < 4.78 is 30.0. The molecule has 10 nitrogen and oxygen atoms in total. The first-order valence-corrected chi connectivity index (χ1v) is 14.4. The number of hydrogen-bond acceptors (Lipinski definition) is 7. The number of rotatable bonds is 9. The smallest absolute Gasteiger partial charge is 0.355 e. The van der Waals surface area contributed by atoms with Gasteiger partial charge in [0, 0.05) is 22.9 Å². The van der Waals surface area contributed by atoms with E-state index in [1.165, 1.54) is 0 Å². The Morgan fingerprint density at radius 1 is 0.587 bits per heavy atom. The predicted octanol–water partition coefficient (Wildman–Crippen LogP) is 7.17. The van der Waals surface area contributed by atoms with Crippen molar-refractivity contribution in [3.05, 3.63) is 108 Å². The van der Waals surface area contributed by atoms with E-state index in [1.54, 1.807) is 64.2 Å². The number of hydrogen-bond donors (Lipinski definition) is 1. The number of methoxy groups -OCH3 is 4. The molecule has 1 N–H and O–H groups in total. The first-order valence-electron chi connectivity index (χ1n) is 14.4. The Morgan fingerprint density at radius 2 is 1.02 bits per heavy atom. The Balaban J connectivity index is 0.000000182. The molecular weight excluding hydrogens is 588 g/mol. The van der Waals surface area contributed by atoms with Gasteiger partial charge in [0.15, 0.2) is 23.0 Å². The normalized spacial score (nSPS) is 10.6. The standard InChI is InChI=1S/C19H19NO4.C17H15NO4/c1-4-24-19(21)16-11-13-7-5-6-8-15(13)20(16)14-9-10-17(22-2)18(12-14)23-3;1-21-15-8-7-12(10-16(15)22-2)18-13-6-4-3-5-11(13)9-14(18)17(19)20/h5-12H,4H2,1-3H3;3-10H,1-2H3,(H,19,20). The number of ether oxygens (including phenoxy) is 5. The van der Waals surface area contributed by atoms with E-state index >= 15 is 0 Å². The van der Waals surface area contributed by atoms with Gasteiger partial charge in [0.05, 0.1) is 57.5 Å². The zero-order valence-electron chi connectivity index (χ0n) is 26.1. The molecule has 6 aromatic rings. The molecule has 2 heterocycles. The number of carbonyl (C=O) groups excluding carboxylic acids is 1. The lowest BCUT2D eigenvalue weighted by Gasteiger charge is -2.13. The van der Waals surface area contributed by atoms with E-state index in [0.717, 1.165) is 27.5 Å². The van der Waals surface area contributed by atoms with Crippen molar-refractivity contribution in [2.75, 3.05) is 35.0 Å². The summed E-state index contributed by atoms with van der Waals surface area (Å²) >= 11 is 0. The minimum atomic E-state index is -0.981. The summed E-state index contributed by atoms with van der Waals surface area (Å²) in [6, 6.07) is 29.7. The monoisotopic (exact) mass is 622 g/mol. The van der Waals surface area contributed by atoms with Crippen LogP contribution in [0.4, 0.5) is 0 Å². The summed E-state index contributed by atoms with van der Waals surface area (Å²) in [6.45, 7) is 2.12. The lowest BCUT2D eigenvalue weighted by atomic mass is 10.2. The minimum Gasteiger partial charge on any atom is -0.493 e. The van der Waals surface area contributed by atoms with E-state index < -0.39 is 5.97 Å². The van der Waals surface area contributed by atoms with Gasteiger partial charge >= 0.3 is 11.9 Å². The van der Waals surface area contributed by atoms with Crippen molar-refractivity contribution < 1.29 is 38.4 Å². The summed E-state index contributed by atoms with van der Waals surface area (Å²) in [4.78, 5) is 24.0. The van der Waals surface area contributed by atoms with E-state index in [9.17, 15) is 14.7 Å². The molecule has 0 aliphatic heterocycles. The maximum absolute atomic E-state index is 12.4. The number of nitrogens with zero attached hydrogens (tertiary/aromatic N) is 2. The van der Waals surface area contributed by atoms with Gasteiger partial charge in [0.1, 0.15) is 11.4 Å². The molecule has 236 valence electrons. The highest BCUT2D eigenvalue weighted by atomic mass is 16.5. The third kappa shape index (κ3) is 6.05. The molecule has 0 aliphatic rings. The van der Waals surface area contributed by atoms with Crippen molar-refractivity contribution in [2.45, 2.75) is 6.92 Å². The molecule has 0 fully saturated rings. The van der Waals surface area contributed by atoms with Crippen molar-refractivity contribution in [3.8, 4) is 34.4 Å². The third-order valence-corrected chi connectivity index (χ3v) is 7.38. The highest BCUT2D eigenvalue weighted by Gasteiger charge is 2.19. The highest BCUT2D eigenvalue weighted by molar-refractivity contribution is 5.97. The van der Waals surface area contributed by atoms with Gasteiger partial charge in [-0.3, -0.25) is 0 Å². The molecular formula is C36H34N2O8. The van der Waals surface area contributed by atoms with Crippen LogP contribution in [-0.4, -0.2) is 61.2 Å². The van der Waals surface area contributed by atoms with Crippen LogP contribution in [0.25, 0.3) is 33.2 Å². The topological polar surface area (TPSA) is 110 Å². The summed E-state index contributed by atoms with van der Waals surface area (Å²) in [5.74, 6) is 1.04. The number of carboxylic acid groups (broad SMARTS) is 1. The predicted molar refractivity (Wildman–Crippen MR) is 176 cm³/mol. The Hall–Kier alpha value is -5.90. The second kappa shape index (κ2) is 13.8. The first-order chi connectivity index (χ1) is 22.3. The van der Waals surface area contributed by atoms with Crippen LogP contribution in [0.5, 0.6) is 23.0 Å². The van der Waals surface area contributed by atoms with Crippen LogP contribution in [0.1, 0.15) is 27.9 Å². The molecule has 2 aromatic heterocycles. The number of fused-ring (bicyclic) bond motifs is 2. The van der Waals surface area contributed by atoms with Gasteiger partial charge in [-0.1, -0.05) is 36.4 Å². The number of benzene rings is 4. The zero-order chi connectivity index (χ0) is 32.8. The van der Waals surface area contributed by atoms with Crippen molar-refractivity contribution in [1.29, 1.82) is 0 Å². The van der Waals surface area contributed by atoms with Gasteiger partial charge in [0.25, 0.3) is 0 Å². The van der Waals surface area contributed by atoms with Gasteiger partial charge in [-0.15, -0.1) is 0 Å². The van der Waals surface area contributed by atoms with Crippen LogP contribution in [0.15, 0.2) is 97.1 Å². The van der Waals surface area contributed by atoms with E-state index in [1.807, 2.05) is 77.4 Å². The molecule has 0 saturated heterocycles. The summed E-state index contributed by atoms with van der Waals surface area (Å²) in [7, 11) is 6.28. The van der Waals surface area contributed by atoms with Crippen LogP contribution in [0, 0.1) is 0 Å². The van der Waals surface area contributed by atoms with E-state index in [0.29, 0.717) is 41.0 Å². The van der Waals surface area contributed by atoms with Crippen molar-refractivity contribution in [2.24, 2.45) is 0 Å². The van der Waals surface area contributed by atoms with E-state index in [-0.39, 0.29) is 11.7 Å². The maximum Gasteiger partial charge on any atom is 0.355 e. The van der Waals surface area contributed by atoms with Crippen molar-refractivity contribution in [1.82, 2.24) is 9.13 Å². The molecule has 6 rings (SSSR count). The van der Waals surface area contributed by atoms with Gasteiger partial charge in [-0.2, -0.15) is 0 Å². The van der Waals surface area contributed by atoms with Crippen LogP contribution in [-0.2, 0) is 4.74 Å². The molecule has 0 atom stereocenters. The fraction of sp³-hybridized carbons (Fsp3) is 0.167. The molecule has 10 heteroatoms. The fourth-order valence-corrected chi connectivity index (χ4v) is 5.31. The van der Waals surface area contributed by atoms with E-state index in [4.69, 9.17) is 23.7 Å². The number of aromatic carboxylic acids is 1. The number of para-hydroxylation sites is 2. The molecule has 0 amide bonds. The first kappa shape index (κ1) is 31.5. The molecule has 0 aliphatic carbocycles. The van der Waals surface area contributed by atoms with Crippen molar-refractivity contribution >= 4 is 33.7 Å². The second-order valence-corrected chi connectivity index (χ2v) is 9.95. The number of carbonyl (C=O) groups is 2. The average molecular weight is 623 g/mol. The number of carboxylic acids is 1. The molecule has 0 bridgehead atoms. The highest BCUT2D eigenvalue weighted by Crippen LogP contribution is 2.34. The molecule has 4 aromatic carbocycles. The third-order valence-electron chi connectivity index (χ3n) is 7.38. The molecule has 0 saturated carbocycles. The Kier molecular flexibility index (Phi) is 9.47. The Morgan fingerprint density at radius 3 is 1.46 bits per heavy atom. The largest absolute Gasteiger partial charge is 0.493 e. The van der Waals surface area contributed by atoms with Gasteiger partial charge in [-0.05, 0) is 55.5 Å². The summed E-state index contributed by atoms with van der Waals surface area (Å²) in [5.41, 5.74) is 3.94. The van der Waals surface area contributed by atoms with Crippen LogP contribution in [0.2, 0.25) is 0 Å². The summed E-state index contributed by atoms with van der Waals surface area (Å²) in [6.07, 6.45) is 0.